The van der Waals surface area contributed by atoms with Crippen molar-refractivity contribution in [3.8, 4) is 0 Å². The molecule has 0 fully saturated rings. The Hall–Kier alpha value is -2.37. The Bertz CT molecular complexity index is 544. The summed E-state index contributed by atoms with van der Waals surface area (Å²) < 4.78 is 0. The van der Waals surface area contributed by atoms with E-state index in [1.165, 1.54) is 4.79 Å². The minimum absolute atomic E-state index is 0.388. The average molecular weight is 204 g/mol. The van der Waals surface area contributed by atoms with E-state index < -0.39 is 0 Å². The van der Waals surface area contributed by atoms with Gasteiger partial charge < -0.3 is 11.0 Å². The molecule has 6 nitrogen and oxygen atoms in total. The Kier molecular flexibility index (Phi) is 2.09. The monoisotopic (exact) mass is 204 g/mol. The summed E-state index contributed by atoms with van der Waals surface area (Å²) in [6.45, 7) is 0. The molecule has 0 aliphatic heterocycles. The number of oxime groups is 1. The summed E-state index contributed by atoms with van der Waals surface area (Å²) in [6.07, 6.45) is 2.43. The normalized spacial score (nSPS) is 11.2. The van der Waals surface area contributed by atoms with Gasteiger partial charge in [-0.3, -0.25) is 4.79 Å². The van der Waals surface area contributed by atoms with Gasteiger partial charge in [-0.15, -0.1) is 0 Å². The first-order valence-electron chi connectivity index (χ1n) is 4.17. The zero-order valence-corrected chi connectivity index (χ0v) is 7.66. The van der Waals surface area contributed by atoms with Crippen LogP contribution in [-0.2, 0) is 0 Å². The van der Waals surface area contributed by atoms with Crippen LogP contribution >= 0.6 is 0 Å². The van der Waals surface area contributed by atoms with Crippen LogP contribution in [0.1, 0.15) is 10.4 Å². The average Bonchev–Trinajstić information content (AvgIpc) is 2.60. The molecule has 3 N–H and O–H groups in total. The van der Waals surface area contributed by atoms with Crippen molar-refractivity contribution in [2.45, 2.75) is 0 Å². The van der Waals surface area contributed by atoms with Gasteiger partial charge in [-0.1, -0.05) is 17.3 Å². The highest BCUT2D eigenvalue weighted by molar-refractivity contribution is 6.35. The maximum Gasteiger partial charge on any atom is 0.207 e. The number of rotatable bonds is 2. The third-order valence-corrected chi connectivity index (χ3v) is 2.06. The second kappa shape index (κ2) is 3.41. The van der Waals surface area contributed by atoms with E-state index in [9.17, 15) is 4.79 Å². The van der Waals surface area contributed by atoms with Gasteiger partial charge in [0.05, 0.1) is 11.7 Å². The number of aromatic nitrogens is 2. The van der Waals surface area contributed by atoms with Gasteiger partial charge in [0.1, 0.15) is 6.21 Å². The van der Waals surface area contributed by atoms with Crippen LogP contribution in [0.4, 0.5) is 0 Å². The SMILES string of the molecule is Nn1ncc2ccc(C(=O)C=NO)cc21. The first kappa shape index (κ1) is 9.20. The molecule has 0 unspecified atom stereocenters. The van der Waals surface area contributed by atoms with E-state index in [-0.39, 0.29) is 5.78 Å². The van der Waals surface area contributed by atoms with E-state index in [1.54, 1.807) is 24.4 Å². The molecule has 0 spiro atoms. The summed E-state index contributed by atoms with van der Waals surface area (Å²) in [6, 6.07) is 4.94. The number of carbonyl (C=O) groups is 1. The maximum absolute atomic E-state index is 11.3. The molecular formula is C9H8N4O2. The van der Waals surface area contributed by atoms with Crippen molar-refractivity contribution in [2.75, 3.05) is 5.84 Å². The largest absolute Gasteiger partial charge is 0.411 e. The Morgan fingerprint density at radius 1 is 1.60 bits per heavy atom. The summed E-state index contributed by atoms with van der Waals surface area (Å²) in [7, 11) is 0. The van der Waals surface area contributed by atoms with Gasteiger partial charge in [0.25, 0.3) is 0 Å². The van der Waals surface area contributed by atoms with Crippen LogP contribution < -0.4 is 5.84 Å². The number of nitrogen functional groups attached to an aromatic ring is 1. The number of Topliss-reactive ketones (excluding diaryl/α,β-unsaturated/α-hetero) is 1. The van der Waals surface area contributed by atoms with Crippen molar-refractivity contribution in [2.24, 2.45) is 5.16 Å². The first-order chi connectivity index (χ1) is 7.22. The van der Waals surface area contributed by atoms with Crippen molar-refractivity contribution < 1.29 is 10.0 Å². The predicted octanol–water partition coefficient (Wildman–Crippen LogP) is 0.393. The van der Waals surface area contributed by atoms with Crippen molar-refractivity contribution in [1.82, 2.24) is 9.89 Å². The molecule has 2 aromatic rings. The number of benzene rings is 1. The van der Waals surface area contributed by atoms with E-state index in [1.807, 2.05) is 0 Å². The molecule has 0 atom stereocenters. The topological polar surface area (TPSA) is 93.5 Å². The quantitative estimate of drug-likeness (QED) is 0.243. The van der Waals surface area contributed by atoms with E-state index in [0.29, 0.717) is 11.1 Å². The van der Waals surface area contributed by atoms with E-state index in [4.69, 9.17) is 11.0 Å². The van der Waals surface area contributed by atoms with Crippen molar-refractivity contribution in [3.05, 3.63) is 30.0 Å². The minimum atomic E-state index is -0.388. The van der Waals surface area contributed by atoms with E-state index in [2.05, 4.69) is 10.3 Å². The number of ketones is 1. The summed E-state index contributed by atoms with van der Waals surface area (Å²) in [4.78, 5) is 12.5. The maximum atomic E-state index is 11.3. The predicted molar refractivity (Wildman–Crippen MR) is 54.5 cm³/mol. The van der Waals surface area contributed by atoms with Crippen LogP contribution in [0, 0.1) is 0 Å². The standard InChI is InChI=1S/C9H8N4O2/c10-13-8-3-6(9(14)5-12-15)1-2-7(8)4-11-13/h1-5,15H,10H2. The van der Waals surface area contributed by atoms with Crippen LogP contribution in [-0.4, -0.2) is 27.1 Å². The fourth-order valence-electron chi connectivity index (χ4n) is 1.32. The number of hydrogen-bond acceptors (Lipinski definition) is 5. The van der Waals surface area contributed by atoms with Crippen molar-refractivity contribution >= 4 is 22.9 Å². The lowest BCUT2D eigenvalue weighted by atomic mass is 10.1. The molecule has 15 heavy (non-hydrogen) atoms. The third kappa shape index (κ3) is 1.52. The smallest absolute Gasteiger partial charge is 0.207 e. The summed E-state index contributed by atoms with van der Waals surface area (Å²) in [5.41, 5.74) is 1.04. The molecule has 0 saturated heterocycles. The molecule has 0 aliphatic carbocycles. The number of carbonyl (C=O) groups excluding carboxylic acids is 1. The molecule has 0 radical (unpaired) electrons. The minimum Gasteiger partial charge on any atom is -0.411 e. The molecule has 6 heteroatoms. The van der Waals surface area contributed by atoms with E-state index in [0.717, 1.165) is 11.6 Å². The number of fused-ring (bicyclic) bond motifs is 1. The van der Waals surface area contributed by atoms with Gasteiger partial charge in [0.2, 0.25) is 5.78 Å². The Morgan fingerprint density at radius 3 is 3.13 bits per heavy atom. The Balaban J connectivity index is 2.54. The van der Waals surface area contributed by atoms with Gasteiger partial charge >= 0.3 is 0 Å². The van der Waals surface area contributed by atoms with Gasteiger partial charge in [0, 0.05) is 10.9 Å². The fourth-order valence-corrected chi connectivity index (χ4v) is 1.32. The number of nitrogens with two attached hydrogens (primary N) is 1. The van der Waals surface area contributed by atoms with Gasteiger partial charge in [-0.2, -0.15) is 9.89 Å². The van der Waals surface area contributed by atoms with Crippen LogP contribution in [0.5, 0.6) is 0 Å². The van der Waals surface area contributed by atoms with Crippen molar-refractivity contribution in [1.29, 1.82) is 0 Å². The lowest BCUT2D eigenvalue weighted by molar-refractivity contribution is 0.106. The molecule has 76 valence electrons. The second-order valence-corrected chi connectivity index (χ2v) is 2.97. The fraction of sp³-hybridized carbons (Fsp3) is 0. The van der Waals surface area contributed by atoms with Gasteiger partial charge in [0.15, 0.2) is 0 Å². The van der Waals surface area contributed by atoms with Crippen LogP contribution in [0.2, 0.25) is 0 Å². The molecule has 2 rings (SSSR count). The second-order valence-electron chi connectivity index (χ2n) is 2.97. The summed E-state index contributed by atoms with van der Waals surface area (Å²) in [5, 5.41) is 15.6. The summed E-state index contributed by atoms with van der Waals surface area (Å²) in [5.74, 6) is 5.14. The van der Waals surface area contributed by atoms with Crippen LogP contribution in [0.15, 0.2) is 29.6 Å². The molecule has 0 bridgehead atoms. The highest BCUT2D eigenvalue weighted by atomic mass is 16.4. The Morgan fingerprint density at radius 2 is 2.40 bits per heavy atom. The molecular weight excluding hydrogens is 196 g/mol. The highest BCUT2D eigenvalue weighted by Crippen LogP contribution is 2.14. The number of hydrogen-bond donors (Lipinski definition) is 2. The molecule has 0 saturated carbocycles. The molecule has 0 aliphatic rings. The molecule has 1 aromatic heterocycles. The number of nitrogens with zero attached hydrogens (tertiary/aromatic N) is 3. The lowest BCUT2D eigenvalue weighted by Gasteiger charge is -1.97. The van der Waals surface area contributed by atoms with Gasteiger partial charge in [-0.05, 0) is 6.07 Å². The van der Waals surface area contributed by atoms with E-state index >= 15 is 0 Å². The Labute approximate surface area is 84.6 Å². The zero-order valence-electron chi connectivity index (χ0n) is 7.66. The zero-order chi connectivity index (χ0) is 10.8. The van der Waals surface area contributed by atoms with Crippen LogP contribution in [0.3, 0.4) is 0 Å². The lowest BCUT2D eigenvalue weighted by Crippen LogP contribution is -2.09. The van der Waals surface area contributed by atoms with Crippen molar-refractivity contribution in [3.63, 3.8) is 0 Å². The first-order valence-corrected chi connectivity index (χ1v) is 4.17. The molecule has 1 heterocycles. The third-order valence-electron chi connectivity index (χ3n) is 2.06. The molecule has 0 amide bonds. The summed E-state index contributed by atoms with van der Waals surface area (Å²) >= 11 is 0. The molecule has 1 aromatic carbocycles. The highest BCUT2D eigenvalue weighted by Gasteiger charge is 2.06. The van der Waals surface area contributed by atoms with Crippen LogP contribution in [0.25, 0.3) is 10.9 Å². The van der Waals surface area contributed by atoms with Gasteiger partial charge in [-0.25, -0.2) is 0 Å².